The van der Waals surface area contributed by atoms with Crippen LogP contribution >= 0.6 is 12.2 Å². The van der Waals surface area contributed by atoms with Gasteiger partial charge in [-0.2, -0.15) is 0 Å². The van der Waals surface area contributed by atoms with E-state index in [2.05, 4.69) is 22.9 Å². The molecule has 0 aliphatic rings. The van der Waals surface area contributed by atoms with E-state index in [0.29, 0.717) is 23.5 Å². The lowest BCUT2D eigenvalue weighted by Gasteiger charge is -2.11. The van der Waals surface area contributed by atoms with Crippen molar-refractivity contribution in [3.05, 3.63) is 54.1 Å². The second-order valence-electron chi connectivity index (χ2n) is 6.95. The molecule has 160 valence electrons. The summed E-state index contributed by atoms with van der Waals surface area (Å²) in [5, 5.41) is 8.48. The molecule has 0 aliphatic heterocycles. The van der Waals surface area contributed by atoms with Crippen LogP contribution in [-0.2, 0) is 4.79 Å². The van der Waals surface area contributed by atoms with Gasteiger partial charge in [-0.15, -0.1) is 0 Å². The number of hydrogen-bond acceptors (Lipinski definition) is 4. The number of anilines is 2. The van der Waals surface area contributed by atoms with Crippen molar-refractivity contribution in [1.82, 2.24) is 5.32 Å². The Labute approximate surface area is 183 Å². The molecule has 0 unspecified atom stereocenters. The highest BCUT2D eigenvalue weighted by Crippen LogP contribution is 2.15. The van der Waals surface area contributed by atoms with Crippen LogP contribution in [0.25, 0.3) is 0 Å². The van der Waals surface area contributed by atoms with Gasteiger partial charge in [0.1, 0.15) is 5.75 Å². The summed E-state index contributed by atoms with van der Waals surface area (Å²) in [6.45, 7) is 4.33. The molecule has 0 spiro atoms. The minimum atomic E-state index is -0.298. The molecule has 30 heavy (non-hydrogen) atoms. The maximum Gasteiger partial charge on any atom is 0.257 e. The second kappa shape index (κ2) is 12.6. The zero-order valence-electron chi connectivity index (χ0n) is 17.5. The summed E-state index contributed by atoms with van der Waals surface area (Å²) in [4.78, 5) is 23.4. The summed E-state index contributed by atoms with van der Waals surface area (Å²) >= 11 is 5.20. The molecule has 2 rings (SSSR count). The number of amides is 2. The highest BCUT2D eigenvalue weighted by Gasteiger charge is 2.08. The number of hydrogen-bond donors (Lipinski definition) is 3. The summed E-state index contributed by atoms with van der Waals surface area (Å²) in [6, 6.07) is 14.0. The van der Waals surface area contributed by atoms with Gasteiger partial charge in [-0.1, -0.05) is 32.6 Å². The monoisotopic (exact) mass is 427 g/mol. The quantitative estimate of drug-likeness (QED) is 0.362. The SMILES string of the molecule is CCCCCCCOc1ccc(C(=O)NC(=S)Nc2ccc(NC(C)=O)cc2)cc1. The molecular weight excluding hydrogens is 398 g/mol. The summed E-state index contributed by atoms with van der Waals surface area (Å²) in [7, 11) is 0. The lowest BCUT2D eigenvalue weighted by Crippen LogP contribution is -2.34. The molecular formula is C23H29N3O3S. The van der Waals surface area contributed by atoms with Crippen LogP contribution in [0.3, 0.4) is 0 Å². The number of thiocarbonyl (C=S) groups is 1. The molecule has 0 heterocycles. The molecule has 2 aromatic rings. The predicted molar refractivity (Wildman–Crippen MR) is 125 cm³/mol. The largest absolute Gasteiger partial charge is 0.494 e. The van der Waals surface area contributed by atoms with Crippen LogP contribution in [0.1, 0.15) is 56.3 Å². The molecule has 0 radical (unpaired) electrons. The summed E-state index contributed by atoms with van der Waals surface area (Å²) in [5.74, 6) is 0.317. The van der Waals surface area contributed by atoms with Crippen molar-refractivity contribution in [3.63, 3.8) is 0 Å². The number of nitrogens with one attached hydrogen (secondary N) is 3. The van der Waals surface area contributed by atoms with E-state index in [9.17, 15) is 9.59 Å². The normalized spacial score (nSPS) is 10.2. The minimum Gasteiger partial charge on any atom is -0.494 e. The molecule has 0 saturated carbocycles. The summed E-state index contributed by atoms with van der Waals surface area (Å²) in [6.07, 6.45) is 5.95. The van der Waals surface area contributed by atoms with Gasteiger partial charge in [-0.3, -0.25) is 14.9 Å². The number of carbonyl (C=O) groups excluding carboxylic acids is 2. The average molecular weight is 428 g/mol. The molecule has 0 aliphatic carbocycles. The molecule has 0 atom stereocenters. The third kappa shape index (κ3) is 8.61. The Morgan fingerprint density at radius 2 is 1.47 bits per heavy atom. The number of benzene rings is 2. The van der Waals surface area contributed by atoms with E-state index in [1.54, 1.807) is 48.5 Å². The first-order chi connectivity index (χ1) is 14.5. The van der Waals surface area contributed by atoms with Crippen molar-refractivity contribution in [2.45, 2.75) is 46.0 Å². The lowest BCUT2D eigenvalue weighted by atomic mass is 10.2. The van der Waals surface area contributed by atoms with Crippen LogP contribution in [0.2, 0.25) is 0 Å². The fraction of sp³-hybridized carbons (Fsp3) is 0.348. The highest BCUT2D eigenvalue weighted by molar-refractivity contribution is 7.80. The van der Waals surface area contributed by atoms with E-state index in [4.69, 9.17) is 17.0 Å². The van der Waals surface area contributed by atoms with Crippen molar-refractivity contribution in [3.8, 4) is 5.75 Å². The number of carbonyl (C=O) groups is 2. The van der Waals surface area contributed by atoms with Crippen molar-refractivity contribution in [2.24, 2.45) is 0 Å². The van der Waals surface area contributed by atoms with Gasteiger partial charge in [0.25, 0.3) is 5.91 Å². The third-order valence-electron chi connectivity index (χ3n) is 4.32. The Bertz CT molecular complexity index is 836. The van der Waals surface area contributed by atoms with Gasteiger partial charge in [0.2, 0.25) is 5.91 Å². The van der Waals surface area contributed by atoms with E-state index in [0.717, 1.165) is 12.2 Å². The molecule has 0 aromatic heterocycles. The maximum atomic E-state index is 12.4. The van der Waals surface area contributed by atoms with Gasteiger partial charge in [0.15, 0.2) is 5.11 Å². The van der Waals surface area contributed by atoms with Crippen LogP contribution in [0.4, 0.5) is 11.4 Å². The molecule has 6 nitrogen and oxygen atoms in total. The van der Waals surface area contributed by atoms with Crippen LogP contribution in [0.15, 0.2) is 48.5 Å². The van der Waals surface area contributed by atoms with Crippen molar-refractivity contribution in [2.75, 3.05) is 17.2 Å². The van der Waals surface area contributed by atoms with Gasteiger partial charge in [0, 0.05) is 23.9 Å². The van der Waals surface area contributed by atoms with Crippen LogP contribution in [0.5, 0.6) is 5.75 Å². The molecule has 2 amide bonds. The summed E-state index contributed by atoms with van der Waals surface area (Å²) in [5.41, 5.74) is 1.89. The molecule has 7 heteroatoms. The first-order valence-electron chi connectivity index (χ1n) is 10.2. The maximum absolute atomic E-state index is 12.4. The fourth-order valence-electron chi connectivity index (χ4n) is 2.78. The first kappa shape index (κ1) is 23.3. The Morgan fingerprint density at radius 3 is 2.07 bits per heavy atom. The average Bonchev–Trinajstić information content (AvgIpc) is 2.72. The Hall–Kier alpha value is -2.93. The zero-order valence-corrected chi connectivity index (χ0v) is 18.3. The van der Waals surface area contributed by atoms with E-state index in [-0.39, 0.29) is 16.9 Å². The molecule has 0 saturated heterocycles. The Kier molecular flexibility index (Phi) is 9.80. The molecule has 2 aromatic carbocycles. The highest BCUT2D eigenvalue weighted by atomic mass is 32.1. The van der Waals surface area contributed by atoms with Gasteiger partial charge in [0.05, 0.1) is 6.61 Å². The van der Waals surface area contributed by atoms with Crippen molar-refractivity contribution in [1.29, 1.82) is 0 Å². The van der Waals surface area contributed by atoms with E-state index < -0.39 is 0 Å². The number of rotatable bonds is 10. The predicted octanol–water partition coefficient (Wildman–Crippen LogP) is 5.12. The second-order valence-corrected chi connectivity index (χ2v) is 7.36. The lowest BCUT2D eigenvalue weighted by molar-refractivity contribution is -0.114. The van der Waals surface area contributed by atoms with Crippen LogP contribution in [-0.4, -0.2) is 23.5 Å². The fourth-order valence-corrected chi connectivity index (χ4v) is 2.99. The van der Waals surface area contributed by atoms with E-state index >= 15 is 0 Å². The van der Waals surface area contributed by atoms with Gasteiger partial charge in [-0.25, -0.2) is 0 Å². The third-order valence-corrected chi connectivity index (χ3v) is 4.53. The number of unbranched alkanes of at least 4 members (excludes halogenated alkanes) is 4. The minimum absolute atomic E-state index is 0.137. The summed E-state index contributed by atoms with van der Waals surface area (Å²) < 4.78 is 5.72. The molecule has 3 N–H and O–H groups in total. The van der Waals surface area contributed by atoms with Crippen molar-refractivity contribution >= 4 is 40.5 Å². The van der Waals surface area contributed by atoms with Gasteiger partial charge in [-0.05, 0) is 67.2 Å². The smallest absolute Gasteiger partial charge is 0.257 e. The molecule has 0 fully saturated rings. The molecule has 0 bridgehead atoms. The zero-order chi connectivity index (χ0) is 21.8. The first-order valence-corrected chi connectivity index (χ1v) is 10.6. The topological polar surface area (TPSA) is 79.5 Å². The van der Waals surface area contributed by atoms with Gasteiger partial charge >= 0.3 is 0 Å². The Balaban J connectivity index is 1.76. The number of ether oxygens (including phenoxy) is 1. The van der Waals surface area contributed by atoms with Crippen LogP contribution < -0.4 is 20.7 Å². The van der Waals surface area contributed by atoms with E-state index in [1.807, 2.05) is 0 Å². The van der Waals surface area contributed by atoms with Crippen molar-refractivity contribution < 1.29 is 14.3 Å². The van der Waals surface area contributed by atoms with Gasteiger partial charge < -0.3 is 15.4 Å². The Morgan fingerprint density at radius 1 is 0.867 bits per heavy atom. The van der Waals surface area contributed by atoms with Crippen LogP contribution in [0, 0.1) is 0 Å². The standard InChI is InChI=1S/C23H29N3O3S/c1-3-4-5-6-7-16-29-21-14-8-18(9-15-21)22(28)26-23(30)25-20-12-10-19(11-13-20)24-17(2)27/h8-15H,3-7,16H2,1-2H3,(H,24,27)(H2,25,26,28,30). The van der Waals surface area contributed by atoms with E-state index in [1.165, 1.54) is 32.6 Å².